The third-order valence-corrected chi connectivity index (χ3v) is 4.46. The van der Waals surface area contributed by atoms with E-state index in [-0.39, 0.29) is 17.5 Å². The summed E-state index contributed by atoms with van der Waals surface area (Å²) < 4.78 is 0. The molecular weight excluding hydrogens is 328 g/mol. The van der Waals surface area contributed by atoms with E-state index in [4.69, 9.17) is 0 Å². The van der Waals surface area contributed by atoms with E-state index < -0.39 is 10.8 Å². The molecule has 0 fully saturated rings. The largest absolute Gasteiger partial charge is 0.325 e. The van der Waals surface area contributed by atoms with Gasteiger partial charge >= 0.3 is 0 Å². The van der Waals surface area contributed by atoms with Crippen LogP contribution in [0.5, 0.6) is 0 Å². The van der Waals surface area contributed by atoms with E-state index in [1.807, 2.05) is 56.3 Å². The first-order chi connectivity index (χ1) is 12.5. The van der Waals surface area contributed by atoms with Crippen LogP contribution in [-0.4, -0.2) is 10.8 Å². The zero-order valence-electron chi connectivity index (χ0n) is 14.7. The minimum Gasteiger partial charge on any atom is -0.325 e. The number of benzene rings is 3. The summed E-state index contributed by atoms with van der Waals surface area (Å²) in [7, 11) is 0. The van der Waals surface area contributed by atoms with Gasteiger partial charge in [0.05, 0.1) is 10.8 Å². The minimum absolute atomic E-state index is 0.0192. The fourth-order valence-electron chi connectivity index (χ4n) is 3.19. The van der Waals surface area contributed by atoms with Crippen LogP contribution in [0, 0.1) is 16.0 Å². The van der Waals surface area contributed by atoms with Crippen molar-refractivity contribution in [3.8, 4) is 0 Å². The molecule has 1 N–H and O–H groups in total. The summed E-state index contributed by atoms with van der Waals surface area (Å²) in [5.74, 6) is -0.466. The molecule has 0 saturated heterocycles. The van der Waals surface area contributed by atoms with E-state index >= 15 is 0 Å². The molecule has 3 rings (SSSR count). The lowest BCUT2D eigenvalue weighted by molar-refractivity contribution is -0.384. The molecule has 0 saturated carbocycles. The second-order valence-electron chi connectivity index (χ2n) is 6.59. The van der Waals surface area contributed by atoms with E-state index in [1.54, 1.807) is 12.1 Å². The fourth-order valence-corrected chi connectivity index (χ4v) is 3.19. The number of carbonyl (C=O) groups is 1. The Balaban J connectivity index is 1.90. The summed E-state index contributed by atoms with van der Waals surface area (Å²) in [6.45, 7) is 3.93. The number of anilines is 1. The topological polar surface area (TPSA) is 72.2 Å². The zero-order valence-corrected chi connectivity index (χ0v) is 14.7. The zero-order chi connectivity index (χ0) is 18.7. The molecule has 3 aromatic carbocycles. The number of rotatable bonds is 5. The van der Waals surface area contributed by atoms with Crippen LogP contribution in [0.3, 0.4) is 0 Å². The molecule has 0 bridgehead atoms. The number of carbonyl (C=O) groups excluding carboxylic acids is 1. The highest BCUT2D eigenvalue weighted by molar-refractivity contribution is 6.04. The molecule has 0 radical (unpaired) electrons. The number of hydrogen-bond acceptors (Lipinski definition) is 3. The predicted molar refractivity (Wildman–Crippen MR) is 103 cm³/mol. The molecule has 5 nitrogen and oxygen atoms in total. The van der Waals surface area contributed by atoms with Gasteiger partial charge in [-0.1, -0.05) is 62.4 Å². The molecular formula is C21H20N2O3. The number of hydrogen-bond donors (Lipinski definition) is 1. The Hall–Kier alpha value is -3.21. The Kier molecular flexibility index (Phi) is 4.98. The Morgan fingerprint density at radius 3 is 2.27 bits per heavy atom. The monoisotopic (exact) mass is 348 g/mol. The average molecular weight is 348 g/mol. The summed E-state index contributed by atoms with van der Waals surface area (Å²) >= 11 is 0. The van der Waals surface area contributed by atoms with E-state index in [0.29, 0.717) is 0 Å². The smallest absolute Gasteiger partial charge is 0.269 e. The molecule has 0 aromatic heterocycles. The minimum atomic E-state index is -0.440. The maximum absolute atomic E-state index is 13.0. The van der Waals surface area contributed by atoms with Crippen molar-refractivity contribution in [3.63, 3.8) is 0 Å². The highest BCUT2D eigenvalue weighted by Gasteiger charge is 2.25. The van der Waals surface area contributed by atoms with Gasteiger partial charge in [0.1, 0.15) is 0 Å². The van der Waals surface area contributed by atoms with Crippen LogP contribution in [-0.2, 0) is 4.79 Å². The van der Waals surface area contributed by atoms with Crippen LogP contribution in [0.25, 0.3) is 10.8 Å². The van der Waals surface area contributed by atoms with Gasteiger partial charge in [0.25, 0.3) is 5.69 Å². The second kappa shape index (κ2) is 7.35. The van der Waals surface area contributed by atoms with Gasteiger partial charge in [-0.25, -0.2) is 0 Å². The molecule has 0 aliphatic carbocycles. The molecule has 0 heterocycles. The van der Waals surface area contributed by atoms with E-state index in [1.165, 1.54) is 12.1 Å². The summed E-state index contributed by atoms with van der Waals surface area (Å²) in [6.07, 6.45) is 0. The van der Waals surface area contributed by atoms with Gasteiger partial charge in [-0.15, -0.1) is 0 Å². The Morgan fingerprint density at radius 1 is 0.962 bits per heavy atom. The van der Waals surface area contributed by atoms with Gasteiger partial charge in [-0.3, -0.25) is 14.9 Å². The second-order valence-corrected chi connectivity index (χ2v) is 6.59. The lowest BCUT2D eigenvalue weighted by Gasteiger charge is -2.21. The molecule has 26 heavy (non-hydrogen) atoms. The highest BCUT2D eigenvalue weighted by atomic mass is 16.6. The fraction of sp³-hybridized carbons (Fsp3) is 0.190. The Labute approximate surface area is 151 Å². The van der Waals surface area contributed by atoms with Crippen molar-refractivity contribution < 1.29 is 9.72 Å². The molecule has 1 amide bonds. The SMILES string of the molecule is CC(C)C(C(=O)Nc1cccc2ccccc12)c1ccc([N+](=O)[O-])cc1. The van der Waals surface area contributed by atoms with E-state index in [9.17, 15) is 14.9 Å². The summed E-state index contributed by atoms with van der Waals surface area (Å²) in [6, 6.07) is 19.9. The molecule has 132 valence electrons. The number of non-ortho nitro benzene ring substituents is 1. The summed E-state index contributed by atoms with van der Waals surface area (Å²) in [4.78, 5) is 23.4. The van der Waals surface area contributed by atoms with Gasteiger partial charge in [0.15, 0.2) is 0 Å². The normalized spacial score (nSPS) is 12.1. The van der Waals surface area contributed by atoms with Crippen LogP contribution in [0.1, 0.15) is 25.3 Å². The van der Waals surface area contributed by atoms with Crippen molar-refractivity contribution in [1.29, 1.82) is 0 Å². The third-order valence-electron chi connectivity index (χ3n) is 4.46. The summed E-state index contributed by atoms with van der Waals surface area (Å²) in [5.41, 5.74) is 1.55. The van der Waals surface area contributed by atoms with Crippen molar-refractivity contribution in [2.75, 3.05) is 5.32 Å². The van der Waals surface area contributed by atoms with Crippen molar-refractivity contribution in [2.24, 2.45) is 5.92 Å². The van der Waals surface area contributed by atoms with Gasteiger partial charge in [0.2, 0.25) is 5.91 Å². The number of amides is 1. The Morgan fingerprint density at radius 2 is 1.62 bits per heavy atom. The van der Waals surface area contributed by atoms with Gasteiger partial charge in [-0.05, 0) is 22.9 Å². The van der Waals surface area contributed by atoms with Gasteiger partial charge < -0.3 is 5.32 Å². The maximum atomic E-state index is 13.0. The molecule has 3 aromatic rings. The number of nitro groups is 1. The lowest BCUT2D eigenvalue weighted by atomic mass is 9.87. The van der Waals surface area contributed by atoms with E-state index in [0.717, 1.165) is 22.0 Å². The highest BCUT2D eigenvalue weighted by Crippen LogP contribution is 2.29. The van der Waals surface area contributed by atoms with Crippen molar-refractivity contribution in [2.45, 2.75) is 19.8 Å². The molecule has 1 unspecified atom stereocenters. The predicted octanol–water partition coefficient (Wildman–Crippen LogP) is 5.13. The quantitative estimate of drug-likeness (QED) is 0.513. The average Bonchev–Trinajstić information content (AvgIpc) is 2.62. The standard InChI is InChI=1S/C21H20N2O3/c1-14(2)20(16-10-12-17(13-11-16)23(25)26)21(24)22-19-9-5-7-15-6-3-4-8-18(15)19/h3-14,20H,1-2H3,(H,22,24). The first-order valence-corrected chi connectivity index (χ1v) is 8.50. The molecule has 0 spiro atoms. The number of nitrogens with one attached hydrogen (secondary N) is 1. The number of fused-ring (bicyclic) bond motifs is 1. The number of nitrogens with zero attached hydrogens (tertiary/aromatic N) is 1. The maximum Gasteiger partial charge on any atom is 0.269 e. The van der Waals surface area contributed by atoms with Crippen molar-refractivity contribution in [1.82, 2.24) is 0 Å². The van der Waals surface area contributed by atoms with Crippen LogP contribution in [0.15, 0.2) is 66.7 Å². The van der Waals surface area contributed by atoms with Gasteiger partial charge in [-0.2, -0.15) is 0 Å². The van der Waals surface area contributed by atoms with Gasteiger partial charge in [0, 0.05) is 23.2 Å². The third kappa shape index (κ3) is 3.57. The lowest BCUT2D eigenvalue weighted by Crippen LogP contribution is -2.25. The van der Waals surface area contributed by atoms with Crippen molar-refractivity contribution >= 4 is 28.1 Å². The van der Waals surface area contributed by atoms with Crippen LogP contribution < -0.4 is 5.32 Å². The molecule has 0 aliphatic heterocycles. The van der Waals surface area contributed by atoms with Crippen LogP contribution in [0.4, 0.5) is 11.4 Å². The van der Waals surface area contributed by atoms with Crippen LogP contribution in [0.2, 0.25) is 0 Å². The molecule has 5 heteroatoms. The van der Waals surface area contributed by atoms with Crippen molar-refractivity contribution in [3.05, 3.63) is 82.4 Å². The molecule has 1 atom stereocenters. The van der Waals surface area contributed by atoms with Crippen LogP contribution >= 0.6 is 0 Å². The first-order valence-electron chi connectivity index (χ1n) is 8.50. The first kappa shape index (κ1) is 17.6. The number of nitro benzene ring substituents is 1. The Bertz CT molecular complexity index is 944. The van der Waals surface area contributed by atoms with E-state index in [2.05, 4.69) is 5.32 Å². The molecule has 0 aliphatic rings. The summed E-state index contributed by atoms with van der Waals surface area (Å²) in [5, 5.41) is 15.9.